The van der Waals surface area contributed by atoms with E-state index >= 15 is 0 Å². The third-order valence-corrected chi connectivity index (χ3v) is 5.20. The van der Waals surface area contributed by atoms with Gasteiger partial charge in [-0.25, -0.2) is 0 Å². The Hall–Kier alpha value is 3.19. The first-order valence-corrected chi connectivity index (χ1v) is 8.75. The van der Waals surface area contributed by atoms with Gasteiger partial charge in [-0.15, -0.1) is 0 Å². The van der Waals surface area contributed by atoms with Gasteiger partial charge in [0.1, 0.15) is 0 Å². The van der Waals surface area contributed by atoms with E-state index in [1.807, 2.05) is 0 Å². The Morgan fingerprint density at radius 2 is 1.00 bits per heavy atom. The van der Waals surface area contributed by atoms with Crippen LogP contribution in [0, 0.1) is 0 Å². The van der Waals surface area contributed by atoms with Crippen LogP contribution in [0.15, 0.2) is 0 Å². The van der Waals surface area contributed by atoms with E-state index < -0.39 is 0 Å². The van der Waals surface area contributed by atoms with Crippen LogP contribution in [0.3, 0.4) is 0 Å². The van der Waals surface area contributed by atoms with Gasteiger partial charge in [-0.3, -0.25) is 0 Å². The molecule has 0 amide bonds. The molecule has 0 fully saturated rings. The minimum Gasteiger partial charge on any atom is 3.00 e. The summed E-state index contributed by atoms with van der Waals surface area (Å²) in [6, 6.07) is 0. The molecular weight excluding hydrogens is 383 g/mol. The molecule has 14 heavy (non-hydrogen) atoms. The average molecular weight is 398 g/mol. The molecule has 0 aromatic carbocycles. The molecule has 0 aliphatic heterocycles. The number of hydrogen-bond acceptors (Lipinski definition) is 0. The monoisotopic (exact) mass is 395 g/mol. The van der Waals surface area contributed by atoms with Crippen LogP contribution in [0.4, 0.5) is 0 Å². The second-order valence-corrected chi connectivity index (χ2v) is 7.95. The van der Waals surface area contributed by atoms with Crippen molar-refractivity contribution in [3.63, 3.8) is 0 Å². The van der Waals surface area contributed by atoms with Gasteiger partial charge in [0.15, 0.2) is 0 Å². The fourth-order valence-corrected chi connectivity index (χ4v) is 2.60. The molecule has 0 atom stereocenters. The van der Waals surface area contributed by atoms with Crippen LogP contribution in [0.25, 0.3) is 0 Å². The summed E-state index contributed by atoms with van der Waals surface area (Å²) in [6.45, 7) is 6.97. The molecule has 0 aromatic heterocycles. The van der Waals surface area contributed by atoms with E-state index in [2.05, 4.69) is 20.8 Å². The largest absolute Gasteiger partial charge is 3.00 e. The summed E-state index contributed by atoms with van der Waals surface area (Å²) < 4.78 is 0. The molecule has 0 aromatic rings. The van der Waals surface area contributed by atoms with Crippen LogP contribution in [0.2, 0.25) is 15.8 Å². The van der Waals surface area contributed by atoms with Crippen LogP contribution in [0.1, 0.15) is 20.8 Å². The molecule has 0 aliphatic carbocycles. The maximum Gasteiger partial charge on any atom is 3.00 e. The van der Waals surface area contributed by atoms with Crippen molar-refractivity contribution >= 4 is 34.5 Å². The molecule has 0 aliphatic rings. The Labute approximate surface area is 141 Å². The number of hydrogen-bond donors (Lipinski definition) is 0. The van der Waals surface area contributed by atoms with E-state index in [9.17, 15) is 0 Å². The maximum absolute atomic E-state index is 4.70. The molecule has 0 saturated heterocycles. The molecule has 0 bridgehead atoms. The van der Waals surface area contributed by atoms with Gasteiger partial charge in [0.2, 0.25) is 0 Å². The maximum atomic E-state index is 4.70. The van der Waals surface area contributed by atoms with E-state index in [4.69, 9.17) is 20.4 Å². The standard InChI is InChI=1S/3C2H5.Al.5ClH.Ni.Ti/c3*1-2;;;;;;;;/h3*1H2,2H3;;5*1H;;/q;;;;;;;;;+2;+3/p-5. The summed E-state index contributed by atoms with van der Waals surface area (Å²) in [5.74, 6) is 0. The molecule has 91 valence electrons. The van der Waals surface area contributed by atoms with Gasteiger partial charge in [-0.2, -0.15) is 0 Å². The molecule has 0 saturated carbocycles. The molecule has 0 N–H and O–H groups in total. The average Bonchev–Trinajstić information content (AvgIpc) is 1.93. The Balaban J connectivity index is -0.0000000208. The summed E-state index contributed by atoms with van der Waals surface area (Å²) in [5.41, 5.74) is 0. The van der Waals surface area contributed by atoms with Crippen molar-refractivity contribution in [2.75, 3.05) is 0 Å². The molecule has 0 rings (SSSR count). The van der Waals surface area contributed by atoms with E-state index in [-0.39, 0.29) is 73.1 Å². The van der Waals surface area contributed by atoms with Crippen LogP contribution in [-0.2, 0) is 34.4 Å². The zero-order valence-corrected chi connectivity index (χ0v) is 15.9. The van der Waals surface area contributed by atoms with Gasteiger partial charge in [0, 0.05) is 0 Å². The van der Waals surface area contributed by atoms with Gasteiger partial charge in [0.25, 0.3) is 14.1 Å². The first kappa shape index (κ1) is 36.0. The van der Waals surface area contributed by atoms with Gasteiger partial charge in [-0.1, -0.05) is 36.6 Å². The van der Waals surface area contributed by atoms with Gasteiger partial charge >= 0.3 is 54.8 Å². The molecular formula is C6H15AlCl5NiTi. The van der Waals surface area contributed by atoms with Crippen molar-refractivity contribution in [3.05, 3.63) is 0 Å². The summed E-state index contributed by atoms with van der Waals surface area (Å²) in [5, 5.41) is 4.48. The number of halogens is 5. The molecule has 0 spiro atoms. The van der Waals surface area contributed by atoms with Gasteiger partial charge in [0.05, 0.1) is 0 Å². The predicted octanol–water partition coefficient (Wildman–Crippen LogP) is -5.07. The predicted molar refractivity (Wildman–Crippen MR) is 48.9 cm³/mol. The van der Waals surface area contributed by atoms with E-state index in [1.54, 1.807) is 0 Å². The van der Waals surface area contributed by atoms with Crippen molar-refractivity contribution in [2.24, 2.45) is 0 Å². The van der Waals surface area contributed by atoms with Gasteiger partial charge in [-0.05, 0) is 0 Å². The molecule has 0 heterocycles. The van der Waals surface area contributed by atoms with E-state index in [0.717, 1.165) is 0 Å². The third kappa shape index (κ3) is 36.2. The Morgan fingerprint density at radius 3 is 1.00 bits per heavy atom. The normalized spacial score (nSPS) is 6.07. The Bertz CT molecular complexity index is 56.0. The van der Waals surface area contributed by atoms with E-state index in [1.165, 1.54) is 15.8 Å². The van der Waals surface area contributed by atoms with Crippen molar-refractivity contribution in [1.82, 2.24) is 0 Å². The summed E-state index contributed by atoms with van der Waals surface area (Å²) in [6.07, 6.45) is 0. The zero-order valence-electron chi connectivity index (χ0n) is 8.40. The van der Waals surface area contributed by atoms with Crippen molar-refractivity contribution in [3.8, 4) is 0 Å². The zero-order chi connectivity index (χ0) is 8.41. The number of rotatable bonds is 3. The summed E-state index contributed by atoms with van der Waals surface area (Å²) >= 11 is 0.398. The van der Waals surface area contributed by atoms with Crippen molar-refractivity contribution in [1.29, 1.82) is 0 Å². The van der Waals surface area contributed by atoms with Crippen LogP contribution >= 0.6 is 20.4 Å². The second kappa shape index (κ2) is 36.0. The summed E-state index contributed by atoms with van der Waals surface area (Å²) in [7, 11) is 9.40. The second-order valence-electron chi connectivity index (χ2n) is 2.14. The topological polar surface area (TPSA) is 0 Å². The smallest absolute Gasteiger partial charge is 3.00 e. The third-order valence-electron chi connectivity index (χ3n) is 1.73. The Morgan fingerprint density at radius 1 is 0.857 bits per heavy atom. The minimum atomic E-state index is -0.171. The van der Waals surface area contributed by atoms with E-state index in [0.29, 0.717) is 12.7 Å². The minimum absolute atomic E-state index is 0. The van der Waals surface area contributed by atoms with Crippen molar-refractivity contribution in [2.45, 2.75) is 36.6 Å². The molecule has 1 radical (unpaired) electrons. The van der Waals surface area contributed by atoms with Crippen molar-refractivity contribution < 1.29 is 71.6 Å². The Kier molecular flexibility index (Phi) is 92.5. The molecule has 0 unspecified atom stereocenters. The van der Waals surface area contributed by atoms with Crippen LogP contribution in [-0.4, -0.2) is 14.1 Å². The molecule has 8 heteroatoms. The van der Waals surface area contributed by atoms with Crippen LogP contribution in [0.5, 0.6) is 0 Å². The quantitative estimate of drug-likeness (QED) is 0.418. The fraction of sp³-hybridized carbons (Fsp3) is 1.00. The SMILES string of the molecule is C[CH2][Al]([CH2]C)[CH2]C.[Cl-].[Cl-].[Cl-].[Cl][Ni][Cl].[Ti+3]. The van der Waals surface area contributed by atoms with Gasteiger partial charge < -0.3 is 37.2 Å². The fourth-order valence-electron chi connectivity index (χ4n) is 0.866. The first-order chi connectivity index (χ1) is 4.76. The first-order valence-electron chi connectivity index (χ1n) is 3.59. The van der Waals surface area contributed by atoms with Crippen LogP contribution < -0.4 is 37.2 Å². The summed E-state index contributed by atoms with van der Waals surface area (Å²) in [4.78, 5) is 0. The molecule has 0 nitrogen and oxygen atoms in total.